The first-order valence-electron chi connectivity index (χ1n) is 8.65. The topological polar surface area (TPSA) is 72.5 Å². The minimum Gasteiger partial charge on any atom is -0.488 e. The third kappa shape index (κ3) is 5.33. The first-order valence-corrected chi connectivity index (χ1v) is 10.9. The van der Waals surface area contributed by atoms with Crippen molar-refractivity contribution in [2.75, 3.05) is 6.26 Å². The molecule has 0 bridgehead atoms. The molecule has 0 radical (unpaired) electrons. The molecule has 1 saturated carbocycles. The van der Waals surface area contributed by atoms with Crippen molar-refractivity contribution in [2.24, 2.45) is 17.8 Å². The monoisotopic (exact) mass is 405 g/mol. The third-order valence-corrected chi connectivity index (χ3v) is 5.64. The number of sulfonamides is 1. The Labute approximate surface area is 159 Å². The van der Waals surface area contributed by atoms with Crippen LogP contribution in [-0.2, 0) is 10.0 Å². The molecule has 1 N–H and O–H groups in total. The van der Waals surface area contributed by atoms with Crippen LogP contribution in [0.1, 0.15) is 50.4 Å². The number of carbonyl (C=O) groups excluding carboxylic acids is 1. The highest BCUT2D eigenvalue weighted by molar-refractivity contribution is 7.89. The fraction of sp³-hybridized carbons (Fsp3) is 0.611. The lowest BCUT2D eigenvalue weighted by Crippen LogP contribution is -2.36. The molecule has 2 rings (SSSR count). The highest BCUT2D eigenvalue weighted by atomic mass is 35.5. The molecule has 0 aliphatic heterocycles. The molecule has 146 valence electrons. The molecular weight excluding hydrogens is 381 g/mol. The number of carbonyl (C=O) groups is 1. The highest BCUT2D eigenvalue weighted by Crippen LogP contribution is 2.38. The maximum absolute atomic E-state index is 14.3. The summed E-state index contributed by atoms with van der Waals surface area (Å²) in [6.45, 7) is 6.43. The summed E-state index contributed by atoms with van der Waals surface area (Å²) < 4.78 is 44.4. The predicted molar refractivity (Wildman–Crippen MR) is 99.5 cm³/mol. The van der Waals surface area contributed by atoms with Gasteiger partial charge in [-0.1, -0.05) is 38.8 Å². The summed E-state index contributed by atoms with van der Waals surface area (Å²) in [5, 5.41) is 0.0748. The minimum atomic E-state index is -3.80. The minimum absolute atomic E-state index is 0.0748. The fourth-order valence-corrected chi connectivity index (χ4v) is 4.08. The molecule has 3 atom stereocenters. The van der Waals surface area contributed by atoms with E-state index in [0.29, 0.717) is 17.8 Å². The van der Waals surface area contributed by atoms with E-state index in [4.69, 9.17) is 16.3 Å². The van der Waals surface area contributed by atoms with E-state index in [1.807, 2.05) is 0 Å². The Hall–Kier alpha value is -1.34. The van der Waals surface area contributed by atoms with Gasteiger partial charge in [-0.3, -0.25) is 4.79 Å². The van der Waals surface area contributed by atoms with E-state index in [-0.39, 0.29) is 16.9 Å². The molecule has 0 aromatic heterocycles. The summed E-state index contributed by atoms with van der Waals surface area (Å²) in [7, 11) is -3.80. The van der Waals surface area contributed by atoms with Crippen LogP contribution in [0.15, 0.2) is 12.1 Å². The Bertz CT molecular complexity index is 782. The van der Waals surface area contributed by atoms with Gasteiger partial charge in [-0.25, -0.2) is 17.5 Å². The van der Waals surface area contributed by atoms with Gasteiger partial charge in [0.05, 0.1) is 16.8 Å². The number of ether oxygens (including phenoxy) is 1. The van der Waals surface area contributed by atoms with Crippen molar-refractivity contribution in [2.45, 2.75) is 46.1 Å². The van der Waals surface area contributed by atoms with Gasteiger partial charge in [0.2, 0.25) is 10.0 Å². The van der Waals surface area contributed by atoms with Gasteiger partial charge in [0.25, 0.3) is 5.91 Å². The number of nitrogens with one attached hydrogen (secondary N) is 1. The van der Waals surface area contributed by atoms with E-state index in [9.17, 15) is 17.6 Å². The molecule has 0 heterocycles. The standard InChI is InChI=1S/C18H25ClFNO4S/c1-10(2)12-6-5-11(3)7-16(12)25-17-9-15(20)13(8-14(17)19)18(22)21-26(4,23)24/h8-12,16H,5-7H2,1-4H3,(H,21,22)/t11-,12?,16-/m0/s1. The van der Waals surface area contributed by atoms with Gasteiger partial charge in [0.15, 0.2) is 0 Å². The van der Waals surface area contributed by atoms with E-state index in [0.717, 1.165) is 37.7 Å². The summed E-state index contributed by atoms with van der Waals surface area (Å²) in [4.78, 5) is 11.9. The highest BCUT2D eigenvalue weighted by Gasteiger charge is 2.33. The number of halogens is 2. The molecule has 1 aromatic carbocycles. The van der Waals surface area contributed by atoms with E-state index in [1.54, 1.807) is 4.72 Å². The number of hydrogen-bond acceptors (Lipinski definition) is 4. The van der Waals surface area contributed by atoms with Crippen LogP contribution in [0.3, 0.4) is 0 Å². The normalized spacial score (nSPS) is 23.7. The number of hydrogen-bond donors (Lipinski definition) is 1. The van der Waals surface area contributed by atoms with Crippen LogP contribution in [0.2, 0.25) is 5.02 Å². The Kier molecular flexibility index (Phi) is 6.55. The zero-order valence-corrected chi connectivity index (χ0v) is 17.0. The SMILES string of the molecule is CC(C)C1CC[C@H](C)C[C@@H]1Oc1cc(F)c(C(=O)NS(C)(=O)=O)cc1Cl. The van der Waals surface area contributed by atoms with Gasteiger partial charge in [0, 0.05) is 6.07 Å². The van der Waals surface area contributed by atoms with Crippen LogP contribution in [0.25, 0.3) is 0 Å². The van der Waals surface area contributed by atoms with Crippen molar-refractivity contribution in [3.05, 3.63) is 28.5 Å². The van der Waals surface area contributed by atoms with Crippen molar-refractivity contribution in [1.82, 2.24) is 4.72 Å². The molecule has 0 spiro atoms. The van der Waals surface area contributed by atoms with Crippen molar-refractivity contribution < 1.29 is 22.3 Å². The lowest BCUT2D eigenvalue weighted by molar-refractivity contribution is 0.0458. The first kappa shape index (κ1) is 21.0. The Morgan fingerprint density at radius 3 is 2.58 bits per heavy atom. The molecule has 1 unspecified atom stereocenters. The van der Waals surface area contributed by atoms with Crippen molar-refractivity contribution in [1.29, 1.82) is 0 Å². The molecule has 26 heavy (non-hydrogen) atoms. The van der Waals surface area contributed by atoms with Crippen LogP contribution >= 0.6 is 11.6 Å². The zero-order chi connectivity index (χ0) is 19.6. The van der Waals surface area contributed by atoms with Gasteiger partial charge >= 0.3 is 0 Å². The maximum Gasteiger partial charge on any atom is 0.267 e. The van der Waals surface area contributed by atoms with Crippen LogP contribution in [0.4, 0.5) is 4.39 Å². The molecular formula is C18H25ClFNO4S. The van der Waals surface area contributed by atoms with Crippen molar-refractivity contribution in [3.8, 4) is 5.75 Å². The predicted octanol–water partition coefficient (Wildman–Crippen LogP) is 4.01. The number of rotatable bonds is 5. The smallest absolute Gasteiger partial charge is 0.267 e. The van der Waals surface area contributed by atoms with E-state index < -0.39 is 27.3 Å². The van der Waals surface area contributed by atoms with Crippen LogP contribution in [0, 0.1) is 23.6 Å². The molecule has 8 heteroatoms. The quantitative estimate of drug-likeness (QED) is 0.803. The lowest BCUT2D eigenvalue weighted by atomic mass is 9.75. The Morgan fingerprint density at radius 1 is 1.35 bits per heavy atom. The largest absolute Gasteiger partial charge is 0.488 e. The van der Waals surface area contributed by atoms with Gasteiger partial charge in [-0.05, 0) is 36.7 Å². The molecule has 1 aromatic rings. The van der Waals surface area contributed by atoms with E-state index in [1.165, 1.54) is 0 Å². The van der Waals surface area contributed by atoms with Gasteiger partial charge in [0.1, 0.15) is 17.7 Å². The summed E-state index contributed by atoms with van der Waals surface area (Å²) in [6, 6.07) is 2.15. The maximum atomic E-state index is 14.3. The molecule has 1 amide bonds. The second-order valence-corrected chi connectivity index (χ2v) is 9.60. The molecule has 1 aliphatic carbocycles. The summed E-state index contributed by atoms with van der Waals surface area (Å²) in [6.07, 6.45) is 3.77. The van der Waals surface area contributed by atoms with Crippen LogP contribution in [-0.4, -0.2) is 26.7 Å². The lowest BCUT2D eigenvalue weighted by Gasteiger charge is -2.37. The summed E-state index contributed by atoms with van der Waals surface area (Å²) in [5.41, 5.74) is -0.440. The molecule has 1 fully saturated rings. The Morgan fingerprint density at radius 2 is 2.00 bits per heavy atom. The average molecular weight is 406 g/mol. The number of benzene rings is 1. The van der Waals surface area contributed by atoms with Crippen molar-refractivity contribution >= 4 is 27.5 Å². The van der Waals surface area contributed by atoms with Gasteiger partial charge in [-0.15, -0.1) is 0 Å². The van der Waals surface area contributed by atoms with E-state index >= 15 is 0 Å². The Balaban J connectivity index is 2.25. The summed E-state index contributed by atoms with van der Waals surface area (Å²) in [5.74, 6) is -0.488. The first-order chi connectivity index (χ1) is 12.0. The fourth-order valence-electron chi connectivity index (χ4n) is 3.43. The molecule has 0 saturated heterocycles. The van der Waals surface area contributed by atoms with Crippen molar-refractivity contribution in [3.63, 3.8) is 0 Å². The zero-order valence-electron chi connectivity index (χ0n) is 15.4. The average Bonchev–Trinajstić information content (AvgIpc) is 2.48. The third-order valence-electron chi connectivity index (χ3n) is 4.78. The van der Waals surface area contributed by atoms with Gasteiger partial charge < -0.3 is 4.74 Å². The molecule has 5 nitrogen and oxygen atoms in total. The van der Waals surface area contributed by atoms with Crippen LogP contribution < -0.4 is 9.46 Å². The number of amides is 1. The summed E-state index contributed by atoms with van der Waals surface area (Å²) >= 11 is 6.18. The second kappa shape index (κ2) is 8.13. The second-order valence-electron chi connectivity index (χ2n) is 7.45. The van der Waals surface area contributed by atoms with Gasteiger partial charge in [-0.2, -0.15) is 0 Å². The van der Waals surface area contributed by atoms with E-state index in [2.05, 4.69) is 20.8 Å². The molecule has 1 aliphatic rings. The van der Waals surface area contributed by atoms with Crippen LogP contribution in [0.5, 0.6) is 5.75 Å².